The number of benzene rings is 2. The molecule has 0 radical (unpaired) electrons. The van der Waals surface area contributed by atoms with Gasteiger partial charge < -0.3 is 9.73 Å². The molecule has 0 saturated heterocycles. The van der Waals surface area contributed by atoms with E-state index in [1.165, 1.54) is 6.07 Å². The Balaban J connectivity index is 1.83. The van der Waals surface area contributed by atoms with Gasteiger partial charge in [0.2, 0.25) is 0 Å². The van der Waals surface area contributed by atoms with Crippen molar-refractivity contribution in [1.29, 1.82) is 0 Å². The molecular formula is C19H20N2O3. The molecule has 3 aromatic rings. The number of para-hydroxylation sites is 1. The minimum atomic E-state index is -0.372. The van der Waals surface area contributed by atoms with Crippen LogP contribution >= 0.6 is 0 Å². The smallest absolute Gasteiger partial charge is 0.269 e. The molecule has 1 aromatic heterocycles. The molecule has 0 amide bonds. The van der Waals surface area contributed by atoms with Gasteiger partial charge in [0.25, 0.3) is 5.69 Å². The summed E-state index contributed by atoms with van der Waals surface area (Å²) in [5, 5.41) is 15.5. The molecule has 0 aliphatic carbocycles. The van der Waals surface area contributed by atoms with E-state index in [1.54, 1.807) is 12.1 Å². The van der Waals surface area contributed by atoms with Crippen LogP contribution in [0.15, 0.2) is 52.9 Å². The number of rotatable bonds is 5. The van der Waals surface area contributed by atoms with E-state index in [0.29, 0.717) is 0 Å². The summed E-state index contributed by atoms with van der Waals surface area (Å²) < 4.78 is 5.99. The number of fused-ring (bicyclic) bond motifs is 1. The van der Waals surface area contributed by atoms with Crippen molar-refractivity contribution in [3.63, 3.8) is 0 Å². The van der Waals surface area contributed by atoms with E-state index in [-0.39, 0.29) is 22.7 Å². The molecule has 0 fully saturated rings. The molecule has 0 spiro atoms. The standard InChI is InChI=1S/C19H20N2O3/c1-12-17-9-4-5-10-18(17)24-19(12)14(3)20-13(2)15-7-6-8-16(11-15)21(22)23/h4-11,13-14,20H,1-3H3. The van der Waals surface area contributed by atoms with Gasteiger partial charge in [0.15, 0.2) is 0 Å². The molecule has 1 heterocycles. The zero-order chi connectivity index (χ0) is 17.3. The monoisotopic (exact) mass is 324 g/mol. The predicted octanol–water partition coefficient (Wildman–Crippen LogP) is 5.06. The normalized spacial score (nSPS) is 13.8. The number of nitrogens with zero attached hydrogens (tertiary/aromatic N) is 1. The summed E-state index contributed by atoms with van der Waals surface area (Å²) in [6.45, 7) is 6.09. The highest BCUT2D eigenvalue weighted by molar-refractivity contribution is 5.82. The number of nitro groups is 1. The lowest BCUT2D eigenvalue weighted by Crippen LogP contribution is -2.22. The number of nitrogens with one attached hydrogen (secondary N) is 1. The number of hydrogen-bond donors (Lipinski definition) is 1. The first-order valence-corrected chi connectivity index (χ1v) is 7.96. The topological polar surface area (TPSA) is 68.3 Å². The quantitative estimate of drug-likeness (QED) is 0.526. The second kappa shape index (κ2) is 6.45. The zero-order valence-corrected chi connectivity index (χ0v) is 13.9. The number of non-ortho nitro benzene ring substituents is 1. The van der Waals surface area contributed by atoms with Crippen molar-refractivity contribution in [2.45, 2.75) is 32.9 Å². The highest BCUT2D eigenvalue weighted by Gasteiger charge is 2.19. The van der Waals surface area contributed by atoms with Crippen molar-refractivity contribution in [2.75, 3.05) is 0 Å². The van der Waals surface area contributed by atoms with Crippen LogP contribution in [0.25, 0.3) is 11.0 Å². The minimum absolute atomic E-state index is 0.00772. The van der Waals surface area contributed by atoms with E-state index in [4.69, 9.17) is 4.42 Å². The summed E-state index contributed by atoms with van der Waals surface area (Å²) in [7, 11) is 0. The molecular weight excluding hydrogens is 304 g/mol. The molecule has 0 saturated carbocycles. The summed E-state index contributed by atoms with van der Waals surface area (Å²) in [4.78, 5) is 10.6. The first kappa shape index (κ1) is 16.2. The number of hydrogen-bond acceptors (Lipinski definition) is 4. The lowest BCUT2D eigenvalue weighted by atomic mass is 10.0. The van der Waals surface area contributed by atoms with Crippen LogP contribution in [0.5, 0.6) is 0 Å². The fraction of sp³-hybridized carbons (Fsp3) is 0.263. The van der Waals surface area contributed by atoms with Gasteiger partial charge in [-0.2, -0.15) is 0 Å². The van der Waals surface area contributed by atoms with Crippen LogP contribution in [0, 0.1) is 17.0 Å². The number of nitro benzene ring substituents is 1. The van der Waals surface area contributed by atoms with Gasteiger partial charge in [-0.15, -0.1) is 0 Å². The van der Waals surface area contributed by atoms with Crippen LogP contribution in [-0.2, 0) is 0 Å². The van der Waals surface area contributed by atoms with Crippen molar-refractivity contribution < 1.29 is 9.34 Å². The SMILES string of the molecule is Cc1c(C(C)NC(C)c2cccc([N+](=O)[O-])c2)oc2ccccc12. The average Bonchev–Trinajstić information content (AvgIpc) is 2.92. The van der Waals surface area contributed by atoms with Gasteiger partial charge in [0.1, 0.15) is 11.3 Å². The van der Waals surface area contributed by atoms with E-state index < -0.39 is 0 Å². The Kier molecular flexibility index (Phi) is 4.36. The maximum absolute atomic E-state index is 10.9. The first-order valence-electron chi connectivity index (χ1n) is 7.96. The molecule has 2 atom stereocenters. The van der Waals surface area contributed by atoms with Gasteiger partial charge >= 0.3 is 0 Å². The molecule has 5 nitrogen and oxygen atoms in total. The summed E-state index contributed by atoms with van der Waals surface area (Å²) in [6.07, 6.45) is 0. The average molecular weight is 324 g/mol. The van der Waals surface area contributed by atoms with Crippen molar-refractivity contribution in [2.24, 2.45) is 0 Å². The van der Waals surface area contributed by atoms with E-state index in [0.717, 1.165) is 27.9 Å². The minimum Gasteiger partial charge on any atom is -0.459 e. The predicted molar refractivity (Wildman–Crippen MR) is 94.0 cm³/mol. The molecule has 5 heteroatoms. The third kappa shape index (κ3) is 3.03. The van der Waals surface area contributed by atoms with Gasteiger partial charge in [0, 0.05) is 23.6 Å². The molecule has 24 heavy (non-hydrogen) atoms. The van der Waals surface area contributed by atoms with Crippen LogP contribution in [0.3, 0.4) is 0 Å². The van der Waals surface area contributed by atoms with Crippen LogP contribution in [-0.4, -0.2) is 4.92 Å². The van der Waals surface area contributed by atoms with E-state index >= 15 is 0 Å². The van der Waals surface area contributed by atoms with Crippen LogP contribution in [0.1, 0.15) is 42.8 Å². The molecule has 3 rings (SSSR count). The highest BCUT2D eigenvalue weighted by Crippen LogP contribution is 2.30. The Morgan fingerprint density at radius 2 is 1.83 bits per heavy atom. The maximum atomic E-state index is 10.9. The third-order valence-electron chi connectivity index (χ3n) is 4.35. The molecule has 0 aliphatic rings. The Morgan fingerprint density at radius 1 is 1.08 bits per heavy atom. The summed E-state index contributed by atoms with van der Waals surface area (Å²) >= 11 is 0. The van der Waals surface area contributed by atoms with Crippen LogP contribution < -0.4 is 5.32 Å². The van der Waals surface area contributed by atoms with E-state index in [1.807, 2.05) is 44.2 Å². The second-order valence-electron chi connectivity index (χ2n) is 6.05. The van der Waals surface area contributed by atoms with Crippen molar-refractivity contribution in [1.82, 2.24) is 5.32 Å². The van der Waals surface area contributed by atoms with Crippen molar-refractivity contribution >= 4 is 16.7 Å². The fourth-order valence-corrected chi connectivity index (χ4v) is 3.06. The van der Waals surface area contributed by atoms with Gasteiger partial charge in [-0.25, -0.2) is 0 Å². The number of aryl methyl sites for hydroxylation is 1. The lowest BCUT2D eigenvalue weighted by Gasteiger charge is -2.19. The molecule has 124 valence electrons. The van der Waals surface area contributed by atoms with Gasteiger partial charge in [-0.05, 0) is 38.0 Å². The maximum Gasteiger partial charge on any atom is 0.269 e. The first-order chi connectivity index (χ1) is 11.5. The molecule has 0 aliphatic heterocycles. The van der Waals surface area contributed by atoms with Gasteiger partial charge in [-0.1, -0.05) is 30.3 Å². The van der Waals surface area contributed by atoms with Crippen molar-refractivity contribution in [3.8, 4) is 0 Å². The lowest BCUT2D eigenvalue weighted by molar-refractivity contribution is -0.384. The number of furan rings is 1. The Hall–Kier alpha value is -2.66. The van der Waals surface area contributed by atoms with E-state index in [2.05, 4.69) is 12.2 Å². The molecule has 2 aromatic carbocycles. The Morgan fingerprint density at radius 3 is 2.54 bits per heavy atom. The van der Waals surface area contributed by atoms with Crippen molar-refractivity contribution in [3.05, 3.63) is 75.5 Å². The summed E-state index contributed by atoms with van der Waals surface area (Å²) in [5.41, 5.74) is 2.98. The summed E-state index contributed by atoms with van der Waals surface area (Å²) in [5.74, 6) is 0.897. The largest absolute Gasteiger partial charge is 0.459 e. The highest BCUT2D eigenvalue weighted by atomic mass is 16.6. The third-order valence-corrected chi connectivity index (χ3v) is 4.35. The molecule has 0 bridgehead atoms. The van der Waals surface area contributed by atoms with Gasteiger partial charge in [-0.3, -0.25) is 10.1 Å². The second-order valence-corrected chi connectivity index (χ2v) is 6.05. The van der Waals surface area contributed by atoms with Crippen LogP contribution in [0.2, 0.25) is 0 Å². The molecule has 2 unspecified atom stereocenters. The zero-order valence-electron chi connectivity index (χ0n) is 13.9. The van der Waals surface area contributed by atoms with Crippen LogP contribution in [0.4, 0.5) is 5.69 Å². The Bertz CT molecular complexity index is 885. The van der Waals surface area contributed by atoms with Gasteiger partial charge in [0.05, 0.1) is 11.0 Å². The van der Waals surface area contributed by atoms with E-state index in [9.17, 15) is 10.1 Å². The molecule has 1 N–H and O–H groups in total. The fourth-order valence-electron chi connectivity index (χ4n) is 3.06. The Labute approximate surface area is 140 Å². The summed E-state index contributed by atoms with van der Waals surface area (Å²) in [6, 6.07) is 14.6.